The van der Waals surface area contributed by atoms with Crippen molar-refractivity contribution in [2.75, 3.05) is 11.4 Å². The van der Waals surface area contributed by atoms with Crippen LogP contribution in [0.3, 0.4) is 0 Å². The number of nitrogens with one attached hydrogen (secondary N) is 1. The quantitative estimate of drug-likeness (QED) is 0.614. The Morgan fingerprint density at radius 2 is 1.62 bits per heavy atom. The third-order valence-corrected chi connectivity index (χ3v) is 3.89. The number of anilines is 1. The molecule has 110 valence electrons. The number of hydrogen-bond donors (Lipinski definition) is 2. The summed E-state index contributed by atoms with van der Waals surface area (Å²) in [5.74, 6) is 0.168. The van der Waals surface area contributed by atoms with Crippen LogP contribution in [0.1, 0.15) is 12.0 Å². The van der Waals surface area contributed by atoms with Gasteiger partial charge in [-0.05, 0) is 24.3 Å². The van der Waals surface area contributed by atoms with Gasteiger partial charge >= 0.3 is 0 Å². The number of halogens is 2. The number of nitrogens with zero attached hydrogens (tertiary/aromatic N) is 1. The molecule has 0 aliphatic rings. The van der Waals surface area contributed by atoms with E-state index in [1.54, 1.807) is 0 Å². The SMILES string of the molecule is N=C(N)CCN(Cc1c(Cl)cccc1Cl)c1ccccc1. The third kappa shape index (κ3) is 4.38. The van der Waals surface area contributed by atoms with Crippen molar-refractivity contribution in [3.63, 3.8) is 0 Å². The summed E-state index contributed by atoms with van der Waals surface area (Å²) in [6, 6.07) is 15.4. The van der Waals surface area contributed by atoms with Crippen molar-refractivity contribution in [1.82, 2.24) is 0 Å². The second-order valence-electron chi connectivity index (χ2n) is 4.73. The number of benzene rings is 2. The molecule has 2 aromatic carbocycles. The monoisotopic (exact) mass is 321 g/mol. The van der Waals surface area contributed by atoms with Gasteiger partial charge in [0.2, 0.25) is 0 Å². The fourth-order valence-corrected chi connectivity index (χ4v) is 2.58. The summed E-state index contributed by atoms with van der Waals surface area (Å²) in [4.78, 5) is 2.12. The van der Waals surface area contributed by atoms with Gasteiger partial charge in [0, 0.05) is 40.8 Å². The Labute approximate surface area is 134 Å². The highest BCUT2D eigenvalue weighted by Gasteiger charge is 2.12. The molecule has 0 aliphatic carbocycles. The van der Waals surface area contributed by atoms with Gasteiger partial charge in [-0.15, -0.1) is 0 Å². The highest BCUT2D eigenvalue weighted by atomic mass is 35.5. The molecular weight excluding hydrogens is 305 g/mol. The highest BCUT2D eigenvalue weighted by molar-refractivity contribution is 6.36. The Morgan fingerprint density at radius 1 is 1.00 bits per heavy atom. The van der Waals surface area contributed by atoms with E-state index in [9.17, 15) is 0 Å². The maximum Gasteiger partial charge on any atom is 0.0923 e. The summed E-state index contributed by atoms with van der Waals surface area (Å²) < 4.78 is 0. The lowest BCUT2D eigenvalue weighted by molar-refractivity contribution is 0.802. The van der Waals surface area contributed by atoms with E-state index in [0.717, 1.165) is 11.3 Å². The third-order valence-electron chi connectivity index (χ3n) is 3.18. The Hall–Kier alpha value is -1.71. The number of amidine groups is 1. The summed E-state index contributed by atoms with van der Waals surface area (Å²) in [6.45, 7) is 1.22. The average molecular weight is 322 g/mol. The van der Waals surface area contributed by atoms with Gasteiger partial charge in [-0.3, -0.25) is 5.41 Å². The topological polar surface area (TPSA) is 53.1 Å². The molecule has 0 unspecified atom stereocenters. The molecule has 5 heteroatoms. The first-order valence-electron chi connectivity index (χ1n) is 6.63. The fraction of sp³-hybridized carbons (Fsp3) is 0.188. The lowest BCUT2D eigenvalue weighted by Gasteiger charge is -2.25. The normalized spacial score (nSPS) is 10.4. The molecule has 0 spiro atoms. The zero-order valence-electron chi connectivity index (χ0n) is 11.5. The Kier molecular flexibility index (Phi) is 5.48. The first-order valence-corrected chi connectivity index (χ1v) is 7.39. The highest BCUT2D eigenvalue weighted by Crippen LogP contribution is 2.27. The summed E-state index contributed by atoms with van der Waals surface area (Å²) >= 11 is 12.5. The van der Waals surface area contributed by atoms with Crippen molar-refractivity contribution >= 4 is 34.7 Å². The van der Waals surface area contributed by atoms with Crippen molar-refractivity contribution in [2.24, 2.45) is 5.73 Å². The molecule has 21 heavy (non-hydrogen) atoms. The maximum atomic E-state index is 7.41. The minimum atomic E-state index is 0.168. The predicted octanol–water partition coefficient (Wildman–Crippen LogP) is 4.33. The van der Waals surface area contributed by atoms with Gasteiger partial charge in [-0.1, -0.05) is 47.5 Å². The van der Waals surface area contributed by atoms with Crippen LogP contribution in [0.4, 0.5) is 5.69 Å². The minimum Gasteiger partial charge on any atom is -0.388 e. The molecule has 0 aliphatic heterocycles. The van der Waals surface area contributed by atoms with Crippen molar-refractivity contribution < 1.29 is 0 Å². The lowest BCUT2D eigenvalue weighted by Crippen LogP contribution is -2.27. The van der Waals surface area contributed by atoms with E-state index in [1.165, 1.54) is 0 Å². The van der Waals surface area contributed by atoms with Gasteiger partial charge in [0.15, 0.2) is 0 Å². The zero-order valence-corrected chi connectivity index (χ0v) is 13.0. The van der Waals surface area contributed by atoms with Gasteiger partial charge < -0.3 is 10.6 Å². The van der Waals surface area contributed by atoms with Crippen molar-refractivity contribution in [2.45, 2.75) is 13.0 Å². The lowest BCUT2D eigenvalue weighted by atomic mass is 10.1. The van der Waals surface area contributed by atoms with E-state index in [2.05, 4.69) is 4.90 Å². The smallest absolute Gasteiger partial charge is 0.0923 e. The summed E-state index contributed by atoms with van der Waals surface area (Å²) in [7, 11) is 0. The Balaban J connectivity index is 2.25. The molecular formula is C16H17Cl2N3. The van der Waals surface area contributed by atoms with Crippen LogP contribution in [0, 0.1) is 5.41 Å². The van der Waals surface area contributed by atoms with Crippen molar-refractivity contribution in [3.05, 3.63) is 64.1 Å². The molecule has 0 saturated carbocycles. The van der Waals surface area contributed by atoms with E-state index in [0.29, 0.717) is 29.6 Å². The second-order valence-corrected chi connectivity index (χ2v) is 5.55. The number of rotatable bonds is 6. The average Bonchev–Trinajstić information content (AvgIpc) is 2.47. The Bertz CT molecular complexity index is 594. The molecule has 0 fully saturated rings. The van der Waals surface area contributed by atoms with Gasteiger partial charge in [0.05, 0.1) is 5.84 Å². The minimum absolute atomic E-state index is 0.168. The molecule has 0 radical (unpaired) electrons. The summed E-state index contributed by atoms with van der Waals surface area (Å²) in [5.41, 5.74) is 7.41. The van der Waals surface area contributed by atoms with E-state index < -0.39 is 0 Å². The first-order chi connectivity index (χ1) is 10.1. The van der Waals surface area contributed by atoms with E-state index in [-0.39, 0.29) is 5.84 Å². The van der Waals surface area contributed by atoms with E-state index in [1.807, 2.05) is 48.5 Å². The largest absolute Gasteiger partial charge is 0.388 e. The molecule has 3 N–H and O–H groups in total. The van der Waals surface area contributed by atoms with Crippen LogP contribution in [0.2, 0.25) is 10.0 Å². The van der Waals surface area contributed by atoms with Crippen molar-refractivity contribution in [1.29, 1.82) is 5.41 Å². The zero-order chi connectivity index (χ0) is 15.2. The molecule has 0 saturated heterocycles. The van der Waals surface area contributed by atoms with Crippen LogP contribution in [-0.4, -0.2) is 12.4 Å². The van der Waals surface area contributed by atoms with Crippen LogP contribution in [0.15, 0.2) is 48.5 Å². The van der Waals surface area contributed by atoms with Crippen LogP contribution in [0.5, 0.6) is 0 Å². The number of nitrogens with two attached hydrogens (primary N) is 1. The van der Waals surface area contributed by atoms with E-state index >= 15 is 0 Å². The number of hydrogen-bond acceptors (Lipinski definition) is 2. The van der Waals surface area contributed by atoms with E-state index in [4.69, 9.17) is 34.3 Å². The van der Waals surface area contributed by atoms with Crippen molar-refractivity contribution in [3.8, 4) is 0 Å². The van der Waals surface area contributed by atoms with Crippen LogP contribution in [-0.2, 0) is 6.54 Å². The summed E-state index contributed by atoms with van der Waals surface area (Å²) in [6.07, 6.45) is 0.497. The molecule has 0 amide bonds. The first kappa shape index (κ1) is 15.7. The van der Waals surface area contributed by atoms with Gasteiger partial charge in [-0.2, -0.15) is 0 Å². The van der Waals surface area contributed by atoms with Crippen LogP contribution in [0.25, 0.3) is 0 Å². The summed E-state index contributed by atoms with van der Waals surface area (Å²) in [5, 5.41) is 8.70. The molecule has 2 rings (SSSR count). The van der Waals surface area contributed by atoms with Crippen LogP contribution >= 0.6 is 23.2 Å². The fourth-order valence-electron chi connectivity index (χ4n) is 2.07. The molecule has 0 aromatic heterocycles. The van der Waals surface area contributed by atoms with Gasteiger partial charge in [-0.25, -0.2) is 0 Å². The molecule has 2 aromatic rings. The van der Waals surface area contributed by atoms with Gasteiger partial charge in [0.1, 0.15) is 0 Å². The predicted molar refractivity (Wildman–Crippen MR) is 90.5 cm³/mol. The molecule has 0 bridgehead atoms. The Morgan fingerprint density at radius 3 is 2.19 bits per heavy atom. The second kappa shape index (κ2) is 7.34. The maximum absolute atomic E-state index is 7.41. The standard InChI is InChI=1S/C16H17Cl2N3/c17-14-7-4-8-15(18)13(14)11-21(10-9-16(19)20)12-5-2-1-3-6-12/h1-8H,9-11H2,(H3,19,20). The molecule has 3 nitrogen and oxygen atoms in total. The van der Waals surface area contributed by atoms with Crippen LogP contribution < -0.4 is 10.6 Å². The molecule has 0 heterocycles. The number of para-hydroxylation sites is 1. The van der Waals surface area contributed by atoms with Gasteiger partial charge in [0.25, 0.3) is 0 Å². The molecule has 0 atom stereocenters.